The van der Waals surface area contributed by atoms with Crippen molar-refractivity contribution in [3.05, 3.63) is 30.1 Å². The molecule has 0 saturated heterocycles. The molecule has 2 aromatic rings. The van der Waals surface area contributed by atoms with Gasteiger partial charge in [0.05, 0.1) is 5.69 Å². The number of benzene rings is 1. The second-order valence-corrected chi connectivity index (χ2v) is 3.23. The number of nitrogens with one attached hydrogen (secondary N) is 1. The minimum atomic E-state index is -3.06. The van der Waals surface area contributed by atoms with E-state index < -0.39 is 18.2 Å². The van der Waals surface area contributed by atoms with Crippen LogP contribution < -0.4 is 10.5 Å². The fourth-order valence-electron chi connectivity index (χ4n) is 1.35. The first kappa shape index (κ1) is 11.3. The van der Waals surface area contributed by atoms with E-state index in [0.717, 1.165) is 12.1 Å². The fourth-order valence-corrected chi connectivity index (χ4v) is 1.35. The molecule has 0 unspecified atom stereocenters. The molecular weight excluding hydrogens is 235 g/mol. The number of rotatable bonds is 3. The molecule has 0 bridgehead atoms. The third-order valence-corrected chi connectivity index (χ3v) is 2.06. The van der Waals surface area contributed by atoms with E-state index in [9.17, 15) is 13.2 Å². The molecule has 1 aromatic heterocycles. The predicted octanol–water partition coefficient (Wildman–Crippen LogP) is 2.40. The van der Waals surface area contributed by atoms with E-state index in [1.807, 2.05) is 0 Å². The highest BCUT2D eigenvalue weighted by atomic mass is 19.3. The summed E-state index contributed by atoms with van der Waals surface area (Å²) < 4.78 is 41.2. The van der Waals surface area contributed by atoms with Gasteiger partial charge in [-0.15, -0.1) is 0 Å². The summed E-state index contributed by atoms with van der Waals surface area (Å²) in [6.07, 6.45) is 0. The molecule has 3 N–H and O–H groups in total. The molecule has 0 aliphatic rings. The van der Waals surface area contributed by atoms with Crippen LogP contribution in [0.15, 0.2) is 24.3 Å². The molecule has 0 amide bonds. The Bertz CT molecular complexity index is 527. The zero-order valence-electron chi connectivity index (χ0n) is 8.45. The van der Waals surface area contributed by atoms with Crippen LogP contribution in [0, 0.1) is 5.82 Å². The number of nitrogen functional groups attached to an aromatic ring is 1. The van der Waals surface area contributed by atoms with Crippen LogP contribution in [-0.2, 0) is 0 Å². The first-order valence-electron chi connectivity index (χ1n) is 4.62. The fraction of sp³-hybridized carbons (Fsp3) is 0.100. The Hall–Kier alpha value is -2.18. The van der Waals surface area contributed by atoms with Gasteiger partial charge in [0, 0.05) is 11.6 Å². The highest BCUT2D eigenvalue weighted by Crippen LogP contribution is 2.26. The average molecular weight is 243 g/mol. The topological polar surface area (TPSA) is 63.9 Å². The van der Waals surface area contributed by atoms with Crippen LogP contribution in [0.3, 0.4) is 0 Å². The SMILES string of the molecule is Nc1cc(-c2ccc(OC(F)F)c(F)c2)[nH]n1. The molecule has 90 valence electrons. The molecular formula is C10H8F3N3O. The summed E-state index contributed by atoms with van der Waals surface area (Å²) in [5.74, 6) is -1.12. The van der Waals surface area contributed by atoms with Gasteiger partial charge in [-0.2, -0.15) is 13.9 Å². The number of halogens is 3. The van der Waals surface area contributed by atoms with Crippen LogP contribution in [0.4, 0.5) is 19.0 Å². The Morgan fingerprint density at radius 1 is 1.29 bits per heavy atom. The second-order valence-electron chi connectivity index (χ2n) is 3.23. The molecule has 0 radical (unpaired) electrons. The number of anilines is 1. The van der Waals surface area contributed by atoms with Crippen molar-refractivity contribution < 1.29 is 17.9 Å². The maximum atomic E-state index is 13.4. The van der Waals surface area contributed by atoms with Crippen molar-refractivity contribution in [1.82, 2.24) is 10.2 Å². The van der Waals surface area contributed by atoms with Crippen molar-refractivity contribution in [3.63, 3.8) is 0 Å². The number of nitrogens with zero attached hydrogens (tertiary/aromatic N) is 1. The average Bonchev–Trinajstić information content (AvgIpc) is 2.67. The van der Waals surface area contributed by atoms with E-state index in [2.05, 4.69) is 14.9 Å². The van der Waals surface area contributed by atoms with Crippen LogP contribution in [0.2, 0.25) is 0 Å². The third kappa shape index (κ3) is 2.49. The number of aromatic nitrogens is 2. The van der Waals surface area contributed by atoms with Gasteiger partial charge in [0.15, 0.2) is 11.6 Å². The monoisotopic (exact) mass is 243 g/mol. The van der Waals surface area contributed by atoms with E-state index in [1.54, 1.807) is 0 Å². The molecule has 7 heteroatoms. The zero-order valence-corrected chi connectivity index (χ0v) is 8.45. The van der Waals surface area contributed by atoms with Gasteiger partial charge in [-0.05, 0) is 18.2 Å². The summed E-state index contributed by atoms with van der Waals surface area (Å²) >= 11 is 0. The first-order valence-corrected chi connectivity index (χ1v) is 4.62. The molecule has 0 saturated carbocycles. The van der Waals surface area contributed by atoms with Gasteiger partial charge in [0.2, 0.25) is 0 Å². The van der Waals surface area contributed by atoms with Crippen molar-refractivity contribution in [3.8, 4) is 17.0 Å². The Kier molecular flexibility index (Phi) is 2.90. The molecule has 0 aliphatic heterocycles. The minimum Gasteiger partial charge on any atom is -0.432 e. The Morgan fingerprint density at radius 3 is 2.59 bits per heavy atom. The van der Waals surface area contributed by atoms with Gasteiger partial charge in [-0.1, -0.05) is 0 Å². The number of ether oxygens (including phenoxy) is 1. The summed E-state index contributed by atoms with van der Waals surface area (Å²) in [5.41, 5.74) is 6.32. The van der Waals surface area contributed by atoms with Crippen molar-refractivity contribution in [1.29, 1.82) is 0 Å². The van der Waals surface area contributed by atoms with Crippen LogP contribution in [0.1, 0.15) is 0 Å². The molecule has 17 heavy (non-hydrogen) atoms. The largest absolute Gasteiger partial charge is 0.432 e. The first-order chi connectivity index (χ1) is 8.06. The molecule has 2 rings (SSSR count). The van der Waals surface area contributed by atoms with Gasteiger partial charge in [0.1, 0.15) is 5.82 Å². The van der Waals surface area contributed by atoms with Crippen LogP contribution in [-0.4, -0.2) is 16.8 Å². The number of hydrogen-bond donors (Lipinski definition) is 2. The van der Waals surface area contributed by atoms with Gasteiger partial charge in [0.25, 0.3) is 0 Å². The maximum absolute atomic E-state index is 13.4. The van der Waals surface area contributed by atoms with Crippen molar-refractivity contribution in [2.24, 2.45) is 0 Å². The van der Waals surface area contributed by atoms with Crippen LogP contribution in [0.25, 0.3) is 11.3 Å². The van der Waals surface area contributed by atoms with Gasteiger partial charge in [-0.3, -0.25) is 5.10 Å². The number of hydrogen-bond acceptors (Lipinski definition) is 3. The second kappa shape index (κ2) is 4.36. The lowest BCUT2D eigenvalue weighted by atomic mass is 10.1. The van der Waals surface area contributed by atoms with Crippen LogP contribution >= 0.6 is 0 Å². The zero-order chi connectivity index (χ0) is 12.4. The molecule has 0 atom stereocenters. The van der Waals surface area contributed by atoms with E-state index in [4.69, 9.17) is 5.73 Å². The quantitative estimate of drug-likeness (QED) is 0.869. The highest BCUT2D eigenvalue weighted by Gasteiger charge is 2.11. The molecule has 1 aromatic carbocycles. The summed E-state index contributed by atoms with van der Waals surface area (Å²) in [7, 11) is 0. The predicted molar refractivity (Wildman–Crippen MR) is 55.0 cm³/mol. The van der Waals surface area contributed by atoms with Crippen molar-refractivity contribution in [2.75, 3.05) is 5.73 Å². The van der Waals surface area contributed by atoms with Gasteiger partial charge >= 0.3 is 6.61 Å². The Balaban J connectivity index is 2.30. The normalized spacial score (nSPS) is 10.8. The summed E-state index contributed by atoms with van der Waals surface area (Å²) in [6, 6.07) is 5.11. The third-order valence-electron chi connectivity index (χ3n) is 2.06. The summed E-state index contributed by atoms with van der Waals surface area (Å²) in [4.78, 5) is 0. The van der Waals surface area contributed by atoms with Gasteiger partial charge in [-0.25, -0.2) is 4.39 Å². The molecule has 1 heterocycles. The number of aromatic amines is 1. The van der Waals surface area contributed by atoms with E-state index in [1.165, 1.54) is 12.1 Å². The number of nitrogens with two attached hydrogens (primary N) is 1. The summed E-state index contributed by atoms with van der Waals surface area (Å²) in [6.45, 7) is -3.06. The van der Waals surface area contributed by atoms with E-state index in [-0.39, 0.29) is 5.82 Å². The lowest BCUT2D eigenvalue weighted by molar-refractivity contribution is -0.0521. The Morgan fingerprint density at radius 2 is 2.06 bits per heavy atom. The van der Waals surface area contributed by atoms with Crippen molar-refractivity contribution >= 4 is 5.82 Å². The number of H-pyrrole nitrogens is 1. The Labute approximate surface area is 94.2 Å². The van der Waals surface area contributed by atoms with E-state index in [0.29, 0.717) is 11.3 Å². The molecule has 0 aliphatic carbocycles. The van der Waals surface area contributed by atoms with E-state index >= 15 is 0 Å². The lowest BCUT2D eigenvalue weighted by Gasteiger charge is -2.06. The molecule has 0 fully saturated rings. The van der Waals surface area contributed by atoms with Crippen LogP contribution in [0.5, 0.6) is 5.75 Å². The number of alkyl halides is 2. The maximum Gasteiger partial charge on any atom is 0.387 e. The molecule has 4 nitrogen and oxygen atoms in total. The van der Waals surface area contributed by atoms with Gasteiger partial charge < -0.3 is 10.5 Å². The smallest absolute Gasteiger partial charge is 0.387 e. The molecule has 0 spiro atoms. The summed E-state index contributed by atoms with van der Waals surface area (Å²) in [5, 5.41) is 6.25. The minimum absolute atomic E-state index is 0.258. The van der Waals surface area contributed by atoms with Crippen molar-refractivity contribution in [2.45, 2.75) is 6.61 Å². The highest BCUT2D eigenvalue weighted by molar-refractivity contribution is 5.62. The standard InChI is InChI=1S/C10H8F3N3O/c11-6-3-5(7-4-9(14)16-15-7)1-2-8(6)17-10(12)13/h1-4,10H,(H3,14,15,16). The lowest BCUT2D eigenvalue weighted by Crippen LogP contribution is -2.03.